The number of hydrogen-bond acceptors (Lipinski definition) is 3. The number of hydrogen-bond donors (Lipinski definition) is 1. The number of benzene rings is 2. The Morgan fingerprint density at radius 1 is 1.16 bits per heavy atom. The van der Waals surface area contributed by atoms with Crippen molar-refractivity contribution in [1.82, 2.24) is 9.55 Å². The molecule has 0 saturated heterocycles. The van der Waals surface area contributed by atoms with Crippen molar-refractivity contribution >= 4 is 11.0 Å². The van der Waals surface area contributed by atoms with Crippen LogP contribution < -0.4 is 4.74 Å². The van der Waals surface area contributed by atoms with E-state index in [9.17, 15) is 5.11 Å². The van der Waals surface area contributed by atoms with Gasteiger partial charge in [0, 0.05) is 5.92 Å². The van der Waals surface area contributed by atoms with Gasteiger partial charge in [0.25, 0.3) is 0 Å². The fourth-order valence-electron chi connectivity index (χ4n) is 3.27. The van der Waals surface area contributed by atoms with Gasteiger partial charge < -0.3 is 14.4 Å². The van der Waals surface area contributed by atoms with Gasteiger partial charge in [-0.2, -0.15) is 0 Å². The van der Waals surface area contributed by atoms with Crippen LogP contribution in [0.15, 0.2) is 42.5 Å². The van der Waals surface area contributed by atoms with Gasteiger partial charge in [-0.15, -0.1) is 0 Å². The number of aromatic nitrogens is 2. The van der Waals surface area contributed by atoms with Gasteiger partial charge in [-0.05, 0) is 56.0 Å². The quantitative estimate of drug-likeness (QED) is 0.741. The first-order valence-electron chi connectivity index (χ1n) is 8.95. The van der Waals surface area contributed by atoms with E-state index in [1.165, 1.54) is 18.4 Å². The van der Waals surface area contributed by atoms with Gasteiger partial charge in [-0.3, -0.25) is 0 Å². The molecule has 4 heteroatoms. The summed E-state index contributed by atoms with van der Waals surface area (Å²) in [5.74, 6) is 2.49. The van der Waals surface area contributed by atoms with Crippen molar-refractivity contribution in [3.63, 3.8) is 0 Å². The zero-order chi connectivity index (χ0) is 17.4. The first kappa shape index (κ1) is 16.2. The third-order valence-electron chi connectivity index (χ3n) is 5.01. The molecule has 1 aliphatic rings. The molecule has 130 valence electrons. The van der Waals surface area contributed by atoms with Crippen molar-refractivity contribution < 1.29 is 9.84 Å². The Hall–Kier alpha value is -2.33. The van der Waals surface area contributed by atoms with E-state index >= 15 is 0 Å². The van der Waals surface area contributed by atoms with Crippen LogP contribution >= 0.6 is 0 Å². The predicted molar refractivity (Wildman–Crippen MR) is 99.1 cm³/mol. The molecule has 4 nitrogen and oxygen atoms in total. The lowest BCUT2D eigenvalue weighted by Crippen LogP contribution is -2.24. The Balaban J connectivity index is 1.51. The number of para-hydroxylation sites is 2. The minimum atomic E-state index is -0.574. The molecule has 0 radical (unpaired) electrons. The molecule has 2 aromatic carbocycles. The maximum atomic E-state index is 10.6. The number of aryl methyl sites for hydroxylation is 1. The molecule has 1 heterocycles. The molecule has 0 spiro atoms. The summed E-state index contributed by atoms with van der Waals surface area (Å²) in [5, 5.41) is 10.6. The van der Waals surface area contributed by atoms with E-state index in [2.05, 4.69) is 23.6 Å². The molecule has 1 aromatic heterocycles. The third-order valence-corrected chi connectivity index (χ3v) is 5.01. The van der Waals surface area contributed by atoms with Gasteiger partial charge in [0.2, 0.25) is 0 Å². The molecule has 1 aliphatic carbocycles. The van der Waals surface area contributed by atoms with Crippen molar-refractivity contribution in [1.29, 1.82) is 0 Å². The third kappa shape index (κ3) is 3.27. The SMILES string of the molecule is Cc1cccc(OC[C@@H](O)Cn2c(C3CC3)nc3ccccc32)c1C. The first-order chi connectivity index (χ1) is 12.1. The largest absolute Gasteiger partial charge is 0.491 e. The van der Waals surface area contributed by atoms with Crippen LogP contribution in [-0.4, -0.2) is 27.4 Å². The highest BCUT2D eigenvalue weighted by Crippen LogP contribution is 2.40. The number of aliphatic hydroxyl groups excluding tert-OH is 1. The summed E-state index contributed by atoms with van der Waals surface area (Å²) >= 11 is 0. The van der Waals surface area contributed by atoms with Crippen LogP contribution in [-0.2, 0) is 6.54 Å². The zero-order valence-corrected chi connectivity index (χ0v) is 14.8. The molecule has 3 aromatic rings. The molecule has 0 unspecified atom stereocenters. The minimum Gasteiger partial charge on any atom is -0.491 e. The highest BCUT2D eigenvalue weighted by molar-refractivity contribution is 5.76. The number of aliphatic hydroxyl groups is 1. The van der Waals surface area contributed by atoms with Gasteiger partial charge in [0.05, 0.1) is 17.6 Å². The second kappa shape index (κ2) is 6.52. The van der Waals surface area contributed by atoms with E-state index in [-0.39, 0.29) is 6.61 Å². The van der Waals surface area contributed by atoms with Crippen LogP contribution in [0.1, 0.15) is 35.7 Å². The summed E-state index contributed by atoms with van der Waals surface area (Å²) in [4.78, 5) is 4.78. The molecule has 0 amide bonds. The number of rotatable bonds is 6. The van der Waals surface area contributed by atoms with E-state index in [1.807, 2.05) is 37.3 Å². The second-order valence-electron chi connectivity index (χ2n) is 7.01. The van der Waals surface area contributed by atoms with E-state index < -0.39 is 6.10 Å². The second-order valence-corrected chi connectivity index (χ2v) is 7.01. The standard InChI is InChI=1S/C21H24N2O2/c1-14-6-5-9-20(15(14)2)25-13-17(24)12-23-19-8-4-3-7-18(19)22-21(23)16-10-11-16/h3-9,16-17,24H,10-13H2,1-2H3/t17-/m0/s1. The number of imidazole rings is 1. The van der Waals surface area contributed by atoms with Crippen molar-refractivity contribution in [2.75, 3.05) is 6.61 Å². The minimum absolute atomic E-state index is 0.279. The maximum absolute atomic E-state index is 10.6. The molecule has 0 bridgehead atoms. The number of nitrogens with zero attached hydrogens (tertiary/aromatic N) is 2. The molecule has 4 rings (SSSR count). The van der Waals surface area contributed by atoms with Gasteiger partial charge >= 0.3 is 0 Å². The molecular weight excluding hydrogens is 312 g/mol. The molecule has 0 aliphatic heterocycles. The fraction of sp³-hybridized carbons (Fsp3) is 0.381. The van der Waals surface area contributed by atoms with Crippen LogP contribution in [0.2, 0.25) is 0 Å². The van der Waals surface area contributed by atoms with E-state index in [4.69, 9.17) is 9.72 Å². The Labute approximate surface area is 148 Å². The van der Waals surface area contributed by atoms with Gasteiger partial charge in [0.15, 0.2) is 0 Å². The summed E-state index contributed by atoms with van der Waals surface area (Å²) in [6, 6.07) is 14.2. The van der Waals surface area contributed by atoms with Crippen LogP contribution in [0.3, 0.4) is 0 Å². The highest BCUT2D eigenvalue weighted by Gasteiger charge is 2.30. The lowest BCUT2D eigenvalue weighted by Gasteiger charge is -2.17. The average Bonchev–Trinajstić information content (AvgIpc) is 3.39. The van der Waals surface area contributed by atoms with Crippen molar-refractivity contribution in [3.05, 3.63) is 59.4 Å². The Kier molecular flexibility index (Phi) is 4.22. The monoisotopic (exact) mass is 336 g/mol. The highest BCUT2D eigenvalue weighted by atomic mass is 16.5. The lowest BCUT2D eigenvalue weighted by molar-refractivity contribution is 0.0923. The van der Waals surface area contributed by atoms with Gasteiger partial charge in [-0.1, -0.05) is 24.3 Å². The molecule has 1 fully saturated rings. The summed E-state index contributed by atoms with van der Waals surface area (Å²) in [5.41, 5.74) is 4.42. The molecule has 1 atom stereocenters. The van der Waals surface area contributed by atoms with Crippen molar-refractivity contribution in [3.8, 4) is 5.75 Å². The van der Waals surface area contributed by atoms with E-state index in [1.54, 1.807) is 0 Å². The first-order valence-corrected chi connectivity index (χ1v) is 8.95. The van der Waals surface area contributed by atoms with Gasteiger partial charge in [0.1, 0.15) is 24.3 Å². The number of fused-ring (bicyclic) bond motifs is 1. The molecule has 1 N–H and O–H groups in total. The molecular formula is C21H24N2O2. The molecule has 1 saturated carbocycles. The summed E-state index contributed by atoms with van der Waals surface area (Å²) in [6.07, 6.45) is 1.81. The van der Waals surface area contributed by atoms with Crippen LogP contribution in [0.4, 0.5) is 0 Å². The van der Waals surface area contributed by atoms with E-state index in [0.29, 0.717) is 12.5 Å². The number of ether oxygens (including phenoxy) is 1. The van der Waals surface area contributed by atoms with Crippen LogP contribution in [0, 0.1) is 13.8 Å². The summed E-state index contributed by atoms with van der Waals surface area (Å²) in [7, 11) is 0. The van der Waals surface area contributed by atoms with Crippen molar-refractivity contribution in [2.45, 2.75) is 45.3 Å². The van der Waals surface area contributed by atoms with E-state index in [0.717, 1.165) is 28.2 Å². The molecule has 25 heavy (non-hydrogen) atoms. The lowest BCUT2D eigenvalue weighted by atomic mass is 10.1. The Morgan fingerprint density at radius 3 is 2.76 bits per heavy atom. The summed E-state index contributed by atoms with van der Waals surface area (Å²) in [6.45, 7) is 4.90. The fourth-order valence-corrected chi connectivity index (χ4v) is 3.27. The predicted octanol–water partition coefficient (Wildman–Crippen LogP) is 3.97. The maximum Gasteiger partial charge on any atom is 0.122 e. The van der Waals surface area contributed by atoms with Crippen LogP contribution in [0.25, 0.3) is 11.0 Å². The van der Waals surface area contributed by atoms with Crippen LogP contribution in [0.5, 0.6) is 5.75 Å². The van der Waals surface area contributed by atoms with Crippen molar-refractivity contribution in [2.24, 2.45) is 0 Å². The topological polar surface area (TPSA) is 47.3 Å². The Bertz CT molecular complexity index is 896. The normalized spacial score (nSPS) is 15.5. The smallest absolute Gasteiger partial charge is 0.122 e. The zero-order valence-electron chi connectivity index (χ0n) is 14.8. The Morgan fingerprint density at radius 2 is 1.96 bits per heavy atom. The summed E-state index contributed by atoms with van der Waals surface area (Å²) < 4.78 is 8.04. The average molecular weight is 336 g/mol. The van der Waals surface area contributed by atoms with Gasteiger partial charge in [-0.25, -0.2) is 4.98 Å².